The van der Waals surface area contributed by atoms with Gasteiger partial charge in [-0.05, 0) is 30.7 Å². The highest BCUT2D eigenvalue weighted by Crippen LogP contribution is 2.33. The van der Waals surface area contributed by atoms with Crippen LogP contribution < -0.4 is 14.4 Å². The molecule has 0 amide bonds. The monoisotopic (exact) mass is 443 g/mol. The summed E-state index contributed by atoms with van der Waals surface area (Å²) in [4.78, 5) is 5.82. The molecule has 162 valence electrons. The van der Waals surface area contributed by atoms with Crippen molar-refractivity contribution in [2.45, 2.75) is 17.5 Å². The van der Waals surface area contributed by atoms with E-state index in [4.69, 9.17) is 9.47 Å². The van der Waals surface area contributed by atoms with Crippen molar-refractivity contribution >= 4 is 15.8 Å². The van der Waals surface area contributed by atoms with Gasteiger partial charge in [-0.2, -0.15) is 17.5 Å². The Balaban J connectivity index is 1.48. The Hall–Kier alpha value is -2.53. The third-order valence-electron chi connectivity index (χ3n) is 5.01. The number of hydrogen-bond acceptors (Lipinski definition) is 6. The molecule has 0 spiro atoms. The van der Waals surface area contributed by atoms with Crippen LogP contribution >= 0.6 is 0 Å². The van der Waals surface area contributed by atoms with E-state index in [-0.39, 0.29) is 11.4 Å². The minimum atomic E-state index is -4.45. The number of ether oxygens (including phenoxy) is 2. The molecule has 1 aromatic carbocycles. The highest BCUT2D eigenvalue weighted by atomic mass is 32.2. The van der Waals surface area contributed by atoms with Crippen LogP contribution in [0.1, 0.15) is 12.0 Å². The molecule has 0 radical (unpaired) electrons. The third-order valence-corrected chi connectivity index (χ3v) is 6.90. The van der Waals surface area contributed by atoms with Crippen molar-refractivity contribution in [2.75, 3.05) is 44.3 Å². The first kappa shape index (κ1) is 20.7. The summed E-state index contributed by atoms with van der Waals surface area (Å²) in [5.74, 6) is 1.30. The minimum Gasteiger partial charge on any atom is -0.486 e. The Morgan fingerprint density at radius 3 is 2.40 bits per heavy atom. The molecule has 0 bridgehead atoms. The van der Waals surface area contributed by atoms with Gasteiger partial charge in [-0.1, -0.05) is 0 Å². The van der Waals surface area contributed by atoms with E-state index < -0.39 is 21.8 Å². The second-order valence-electron chi connectivity index (χ2n) is 6.95. The topological polar surface area (TPSA) is 72.0 Å². The number of nitrogens with zero attached hydrogens (tertiary/aromatic N) is 3. The fourth-order valence-electron chi connectivity index (χ4n) is 3.44. The molecule has 0 atom stereocenters. The molecule has 2 aromatic rings. The number of anilines is 1. The molecule has 2 aliphatic rings. The Morgan fingerprint density at radius 2 is 1.70 bits per heavy atom. The normalized spacial score (nSPS) is 18.2. The average Bonchev–Trinajstić information content (AvgIpc) is 3.00. The number of pyridine rings is 1. The van der Waals surface area contributed by atoms with E-state index in [1.807, 2.05) is 0 Å². The summed E-state index contributed by atoms with van der Waals surface area (Å²) in [6, 6.07) is 6.83. The molecule has 1 saturated heterocycles. The van der Waals surface area contributed by atoms with Gasteiger partial charge in [0.25, 0.3) is 0 Å². The van der Waals surface area contributed by atoms with Crippen molar-refractivity contribution in [3.63, 3.8) is 0 Å². The van der Waals surface area contributed by atoms with Gasteiger partial charge in [-0.3, -0.25) is 0 Å². The summed E-state index contributed by atoms with van der Waals surface area (Å²) in [6.45, 7) is 2.08. The molecule has 30 heavy (non-hydrogen) atoms. The first-order valence-electron chi connectivity index (χ1n) is 9.43. The quantitative estimate of drug-likeness (QED) is 0.727. The Morgan fingerprint density at radius 1 is 0.933 bits per heavy atom. The van der Waals surface area contributed by atoms with Gasteiger partial charge in [0.1, 0.15) is 19.0 Å². The molecule has 0 unspecified atom stereocenters. The minimum absolute atomic E-state index is 0.118. The fraction of sp³-hybridized carbons (Fsp3) is 0.421. The van der Waals surface area contributed by atoms with Crippen LogP contribution in [0.3, 0.4) is 0 Å². The van der Waals surface area contributed by atoms with E-state index in [0.717, 1.165) is 12.3 Å². The second kappa shape index (κ2) is 7.95. The summed E-state index contributed by atoms with van der Waals surface area (Å²) >= 11 is 0. The number of alkyl halides is 3. The van der Waals surface area contributed by atoms with Gasteiger partial charge in [0.15, 0.2) is 11.5 Å². The van der Waals surface area contributed by atoms with Crippen LogP contribution in [0, 0.1) is 0 Å². The van der Waals surface area contributed by atoms with Gasteiger partial charge in [-0.15, -0.1) is 0 Å². The lowest BCUT2D eigenvalue weighted by Gasteiger charge is -2.24. The molecule has 2 aliphatic heterocycles. The summed E-state index contributed by atoms with van der Waals surface area (Å²) in [6.07, 6.45) is -3.13. The molecule has 7 nitrogen and oxygen atoms in total. The number of hydrogen-bond donors (Lipinski definition) is 0. The average molecular weight is 443 g/mol. The first-order chi connectivity index (χ1) is 14.2. The third kappa shape index (κ3) is 4.17. The summed E-state index contributed by atoms with van der Waals surface area (Å²) < 4.78 is 76.7. The van der Waals surface area contributed by atoms with Crippen LogP contribution in [0.4, 0.5) is 19.0 Å². The van der Waals surface area contributed by atoms with Crippen LogP contribution in [-0.2, 0) is 16.2 Å². The van der Waals surface area contributed by atoms with Gasteiger partial charge >= 0.3 is 6.18 Å². The lowest BCUT2D eigenvalue weighted by atomic mass is 10.2. The van der Waals surface area contributed by atoms with Gasteiger partial charge in [-0.25, -0.2) is 13.4 Å². The van der Waals surface area contributed by atoms with E-state index in [1.165, 1.54) is 22.5 Å². The van der Waals surface area contributed by atoms with E-state index in [2.05, 4.69) is 4.98 Å². The zero-order chi connectivity index (χ0) is 21.4. The SMILES string of the molecule is O=S(=O)(c1ccc2c(c1)OCCO2)N1CCCN(c2ccc(C(F)(F)F)cn2)CC1. The lowest BCUT2D eigenvalue weighted by Crippen LogP contribution is -2.35. The van der Waals surface area contributed by atoms with Crippen molar-refractivity contribution in [3.05, 3.63) is 42.1 Å². The number of fused-ring (bicyclic) bond motifs is 1. The highest BCUT2D eigenvalue weighted by Gasteiger charge is 2.32. The number of halogens is 3. The number of rotatable bonds is 3. The Labute approximate surface area is 172 Å². The van der Waals surface area contributed by atoms with Gasteiger partial charge in [0.2, 0.25) is 10.0 Å². The molecule has 4 rings (SSSR count). The van der Waals surface area contributed by atoms with Crippen LogP contribution in [0.15, 0.2) is 41.4 Å². The molecule has 0 saturated carbocycles. The maximum Gasteiger partial charge on any atom is 0.417 e. The maximum atomic E-state index is 13.1. The van der Waals surface area contributed by atoms with Crippen molar-refractivity contribution in [1.29, 1.82) is 0 Å². The first-order valence-corrected chi connectivity index (χ1v) is 10.9. The van der Waals surface area contributed by atoms with E-state index in [0.29, 0.717) is 56.6 Å². The maximum absolute atomic E-state index is 13.1. The van der Waals surface area contributed by atoms with Crippen molar-refractivity contribution in [1.82, 2.24) is 9.29 Å². The van der Waals surface area contributed by atoms with E-state index in [9.17, 15) is 21.6 Å². The summed E-state index contributed by atoms with van der Waals surface area (Å²) in [5, 5.41) is 0. The van der Waals surface area contributed by atoms with Gasteiger partial charge in [0, 0.05) is 38.4 Å². The van der Waals surface area contributed by atoms with Gasteiger partial charge < -0.3 is 14.4 Å². The molecule has 11 heteroatoms. The van der Waals surface area contributed by atoms with Crippen molar-refractivity contribution in [2.24, 2.45) is 0 Å². The molecule has 3 heterocycles. The zero-order valence-electron chi connectivity index (χ0n) is 15.9. The van der Waals surface area contributed by atoms with E-state index in [1.54, 1.807) is 11.0 Å². The number of benzene rings is 1. The largest absolute Gasteiger partial charge is 0.486 e. The molecule has 0 N–H and O–H groups in total. The molecular formula is C19H20F3N3O4S. The highest BCUT2D eigenvalue weighted by molar-refractivity contribution is 7.89. The smallest absolute Gasteiger partial charge is 0.417 e. The Kier molecular flexibility index (Phi) is 5.49. The standard InChI is InChI=1S/C19H20F3N3O4S/c20-19(21,22)14-2-5-18(23-13-14)24-6-1-7-25(9-8-24)30(26,27)15-3-4-16-17(12-15)29-11-10-28-16/h2-5,12-13H,1,6-11H2. The van der Waals surface area contributed by atoms with E-state index >= 15 is 0 Å². The van der Waals surface area contributed by atoms with Crippen molar-refractivity contribution < 1.29 is 31.1 Å². The predicted molar refractivity (Wildman–Crippen MR) is 102 cm³/mol. The van der Waals surface area contributed by atoms with Crippen LogP contribution in [0.25, 0.3) is 0 Å². The summed E-state index contributed by atoms with van der Waals surface area (Å²) in [7, 11) is -3.75. The molecular weight excluding hydrogens is 423 g/mol. The molecule has 1 fully saturated rings. The van der Waals surface area contributed by atoms with Crippen molar-refractivity contribution in [3.8, 4) is 11.5 Å². The molecule has 0 aliphatic carbocycles. The van der Waals surface area contributed by atoms with Crippen LogP contribution in [-0.4, -0.2) is 57.1 Å². The zero-order valence-corrected chi connectivity index (χ0v) is 16.7. The molecule has 1 aromatic heterocycles. The fourth-order valence-corrected chi connectivity index (χ4v) is 4.92. The Bertz CT molecular complexity index is 1010. The number of sulfonamides is 1. The predicted octanol–water partition coefficient (Wildman–Crippen LogP) is 2.77. The lowest BCUT2D eigenvalue weighted by molar-refractivity contribution is -0.137. The second-order valence-corrected chi connectivity index (χ2v) is 8.89. The van der Waals surface area contributed by atoms with Crippen LogP contribution in [0.2, 0.25) is 0 Å². The van der Waals surface area contributed by atoms with Crippen LogP contribution in [0.5, 0.6) is 11.5 Å². The summed E-state index contributed by atoms with van der Waals surface area (Å²) in [5.41, 5.74) is -0.816. The van der Waals surface area contributed by atoms with Gasteiger partial charge in [0.05, 0.1) is 10.5 Å². The number of aromatic nitrogens is 1.